The summed E-state index contributed by atoms with van der Waals surface area (Å²) in [7, 11) is 3.90. The molecule has 1 aliphatic heterocycles. The van der Waals surface area contributed by atoms with Gasteiger partial charge >= 0.3 is 0 Å². The van der Waals surface area contributed by atoms with Crippen molar-refractivity contribution in [3.05, 3.63) is 71.4 Å². The van der Waals surface area contributed by atoms with Crippen LogP contribution in [0.3, 0.4) is 0 Å². The van der Waals surface area contributed by atoms with Crippen molar-refractivity contribution < 1.29 is 9.18 Å². The van der Waals surface area contributed by atoms with E-state index in [0.717, 1.165) is 16.8 Å². The van der Waals surface area contributed by atoms with Crippen molar-refractivity contribution in [2.75, 3.05) is 27.2 Å². The lowest BCUT2D eigenvalue weighted by Gasteiger charge is -2.27. The highest BCUT2D eigenvalue weighted by molar-refractivity contribution is 6.30. The number of carbonyl (C=O) groups is 1. The molecule has 4 rings (SSSR count). The van der Waals surface area contributed by atoms with Crippen LogP contribution in [-0.2, 0) is 17.9 Å². The van der Waals surface area contributed by atoms with E-state index in [9.17, 15) is 9.18 Å². The van der Waals surface area contributed by atoms with Gasteiger partial charge in [-0.15, -0.1) is 0 Å². The van der Waals surface area contributed by atoms with Crippen LogP contribution in [0.4, 0.5) is 4.39 Å². The summed E-state index contributed by atoms with van der Waals surface area (Å²) in [5.41, 5.74) is 3.46. The molecule has 0 unspecified atom stereocenters. The quantitative estimate of drug-likeness (QED) is 0.566. The molecule has 2 aromatic heterocycles. The summed E-state index contributed by atoms with van der Waals surface area (Å²) in [4.78, 5) is 20.6. The zero-order valence-corrected chi connectivity index (χ0v) is 18.2. The molecule has 0 aliphatic carbocycles. The molecule has 0 saturated heterocycles. The van der Waals surface area contributed by atoms with E-state index < -0.39 is 5.82 Å². The van der Waals surface area contributed by atoms with E-state index in [0.29, 0.717) is 42.5 Å². The molecule has 1 aliphatic rings. The molecule has 0 radical (unpaired) electrons. The summed E-state index contributed by atoms with van der Waals surface area (Å²) < 4.78 is 16.6. The first kappa shape index (κ1) is 21.2. The molecular formula is C23H23ClFN5O. The van der Waals surface area contributed by atoms with Gasteiger partial charge in [0.1, 0.15) is 11.5 Å². The van der Waals surface area contributed by atoms with E-state index in [1.54, 1.807) is 35.5 Å². The molecule has 3 heterocycles. The second-order valence-corrected chi connectivity index (χ2v) is 8.11. The van der Waals surface area contributed by atoms with Crippen LogP contribution in [0.2, 0.25) is 5.02 Å². The van der Waals surface area contributed by atoms with Crippen LogP contribution < -0.4 is 0 Å². The number of amides is 1. The highest BCUT2D eigenvalue weighted by Gasteiger charge is 2.28. The second kappa shape index (κ2) is 8.99. The van der Waals surface area contributed by atoms with Gasteiger partial charge < -0.3 is 9.80 Å². The molecule has 0 bridgehead atoms. The van der Waals surface area contributed by atoms with Gasteiger partial charge in [-0.2, -0.15) is 5.10 Å². The lowest BCUT2D eigenvalue weighted by molar-refractivity contribution is -0.127. The van der Waals surface area contributed by atoms with E-state index in [1.165, 1.54) is 6.07 Å². The Morgan fingerprint density at radius 2 is 2.00 bits per heavy atom. The Morgan fingerprint density at radius 3 is 2.71 bits per heavy atom. The fourth-order valence-corrected chi connectivity index (χ4v) is 3.83. The van der Waals surface area contributed by atoms with E-state index in [-0.39, 0.29) is 5.91 Å². The van der Waals surface area contributed by atoms with Crippen molar-refractivity contribution in [2.24, 2.45) is 0 Å². The monoisotopic (exact) mass is 439 g/mol. The summed E-state index contributed by atoms with van der Waals surface area (Å²) in [6.45, 7) is 2.17. The van der Waals surface area contributed by atoms with Gasteiger partial charge in [0.25, 0.3) is 0 Å². The minimum Gasteiger partial charge on any atom is -0.331 e. The molecule has 160 valence electrons. The van der Waals surface area contributed by atoms with Gasteiger partial charge in [0.05, 0.1) is 18.8 Å². The van der Waals surface area contributed by atoms with Crippen molar-refractivity contribution in [3.63, 3.8) is 0 Å². The molecule has 0 saturated carbocycles. The van der Waals surface area contributed by atoms with Crippen LogP contribution in [-0.4, -0.2) is 57.7 Å². The number of hydrogen-bond acceptors (Lipinski definition) is 4. The first-order valence-corrected chi connectivity index (χ1v) is 10.4. The average Bonchev–Trinajstić information content (AvgIpc) is 3.12. The van der Waals surface area contributed by atoms with Crippen LogP contribution in [0.15, 0.2) is 54.9 Å². The summed E-state index contributed by atoms with van der Waals surface area (Å²) in [5.74, 6) is -0.480. The Kier molecular flexibility index (Phi) is 6.15. The normalized spacial score (nSPS) is 13.8. The van der Waals surface area contributed by atoms with Crippen LogP contribution in [0, 0.1) is 5.82 Å². The van der Waals surface area contributed by atoms with Crippen molar-refractivity contribution in [1.82, 2.24) is 24.6 Å². The summed E-state index contributed by atoms with van der Waals surface area (Å²) in [5, 5.41) is 5.05. The molecule has 6 nitrogen and oxygen atoms in total. The van der Waals surface area contributed by atoms with Crippen molar-refractivity contribution in [2.45, 2.75) is 13.1 Å². The van der Waals surface area contributed by atoms with Gasteiger partial charge in [0.2, 0.25) is 5.91 Å². The molecule has 0 N–H and O–H groups in total. The lowest BCUT2D eigenvalue weighted by atomic mass is 9.98. The predicted octanol–water partition coefficient (Wildman–Crippen LogP) is 3.86. The van der Waals surface area contributed by atoms with Gasteiger partial charge in [0.15, 0.2) is 0 Å². The molecule has 1 aromatic carbocycles. The number of nitrogens with zero attached hydrogens (tertiary/aromatic N) is 5. The highest BCUT2D eigenvalue weighted by Crippen LogP contribution is 2.37. The van der Waals surface area contributed by atoms with E-state index in [4.69, 9.17) is 16.7 Å². The molecule has 8 heteroatoms. The number of aromatic nitrogens is 3. The largest absolute Gasteiger partial charge is 0.331 e. The first-order chi connectivity index (χ1) is 14.9. The molecule has 0 atom stereocenters. The number of halogens is 2. The Morgan fingerprint density at radius 1 is 1.23 bits per heavy atom. The summed E-state index contributed by atoms with van der Waals surface area (Å²) in [6.07, 6.45) is 6.85. The molecule has 1 amide bonds. The van der Waals surface area contributed by atoms with Crippen LogP contribution >= 0.6 is 11.6 Å². The average molecular weight is 440 g/mol. The SMILES string of the molecule is CN(C)C/C=C/C(=O)N1CCn2nc(-c3ccc(Cl)cc3F)c(-c3ccncc3)c2C1. The Balaban J connectivity index is 1.75. The third-order valence-electron chi connectivity index (χ3n) is 5.18. The number of hydrogen-bond donors (Lipinski definition) is 0. The van der Waals surface area contributed by atoms with Gasteiger partial charge in [-0.3, -0.25) is 14.5 Å². The third-order valence-corrected chi connectivity index (χ3v) is 5.41. The van der Waals surface area contributed by atoms with Gasteiger partial charge in [-0.1, -0.05) is 17.7 Å². The van der Waals surface area contributed by atoms with Crippen molar-refractivity contribution >= 4 is 17.5 Å². The Bertz CT molecular complexity index is 1130. The zero-order chi connectivity index (χ0) is 22.0. The first-order valence-electron chi connectivity index (χ1n) is 9.99. The maximum Gasteiger partial charge on any atom is 0.246 e. The third kappa shape index (κ3) is 4.52. The predicted molar refractivity (Wildman–Crippen MR) is 119 cm³/mol. The van der Waals surface area contributed by atoms with E-state index in [1.807, 2.05) is 41.9 Å². The van der Waals surface area contributed by atoms with Crippen LogP contribution in [0.5, 0.6) is 0 Å². The Hall–Kier alpha value is -3.03. The number of likely N-dealkylation sites (N-methyl/N-ethyl adjacent to an activating group) is 1. The van der Waals surface area contributed by atoms with Gasteiger partial charge in [-0.05, 0) is 50.0 Å². The zero-order valence-electron chi connectivity index (χ0n) is 17.4. The molecule has 0 fully saturated rings. The van der Waals surface area contributed by atoms with Gasteiger partial charge in [-0.25, -0.2) is 4.39 Å². The lowest BCUT2D eigenvalue weighted by Crippen LogP contribution is -2.37. The molecule has 31 heavy (non-hydrogen) atoms. The van der Waals surface area contributed by atoms with Crippen LogP contribution in [0.1, 0.15) is 5.69 Å². The van der Waals surface area contributed by atoms with Gasteiger partial charge in [0, 0.05) is 47.7 Å². The number of fused-ring (bicyclic) bond motifs is 1. The number of carbonyl (C=O) groups excluding carboxylic acids is 1. The fraction of sp³-hybridized carbons (Fsp3) is 0.261. The molecule has 3 aromatic rings. The fourth-order valence-electron chi connectivity index (χ4n) is 3.67. The molecular weight excluding hydrogens is 417 g/mol. The van der Waals surface area contributed by atoms with E-state index >= 15 is 0 Å². The van der Waals surface area contributed by atoms with Crippen molar-refractivity contribution in [3.8, 4) is 22.4 Å². The second-order valence-electron chi connectivity index (χ2n) is 7.68. The number of benzene rings is 1. The van der Waals surface area contributed by atoms with E-state index in [2.05, 4.69) is 4.98 Å². The molecule has 0 spiro atoms. The Labute approximate surface area is 185 Å². The standard InChI is InChI=1S/C23H23ClFN5O/c1-28(2)11-3-4-21(31)29-12-13-30-20(15-29)22(16-7-9-26-10-8-16)23(27-30)18-6-5-17(24)14-19(18)25/h3-10,14H,11-13,15H2,1-2H3/b4-3+. The minimum absolute atomic E-state index is 0.0470. The summed E-state index contributed by atoms with van der Waals surface area (Å²) in [6, 6.07) is 8.32. The topological polar surface area (TPSA) is 54.3 Å². The van der Waals surface area contributed by atoms with Crippen LogP contribution in [0.25, 0.3) is 22.4 Å². The minimum atomic E-state index is -0.433. The summed E-state index contributed by atoms with van der Waals surface area (Å²) >= 11 is 5.95. The van der Waals surface area contributed by atoms with Crippen molar-refractivity contribution in [1.29, 1.82) is 0 Å². The number of rotatable bonds is 5. The maximum atomic E-state index is 14.8. The smallest absolute Gasteiger partial charge is 0.246 e. The maximum absolute atomic E-state index is 14.8. The number of pyridine rings is 1. The highest BCUT2D eigenvalue weighted by atomic mass is 35.5.